The van der Waals surface area contributed by atoms with Crippen molar-refractivity contribution in [3.63, 3.8) is 0 Å². The monoisotopic (exact) mass is 238 g/mol. The van der Waals surface area contributed by atoms with Gasteiger partial charge in [0, 0.05) is 6.61 Å². The van der Waals surface area contributed by atoms with Crippen molar-refractivity contribution >= 4 is 0 Å². The fraction of sp³-hybridized carbons (Fsp3) is 1.00. The maximum Gasteiger partial charge on any atom is 0.0682 e. The average molecular weight is 238 g/mol. The van der Waals surface area contributed by atoms with E-state index in [9.17, 15) is 0 Å². The van der Waals surface area contributed by atoms with E-state index in [0.717, 1.165) is 24.4 Å². The van der Waals surface area contributed by atoms with Gasteiger partial charge in [-0.05, 0) is 62.7 Å². The van der Waals surface area contributed by atoms with Gasteiger partial charge in [0.25, 0.3) is 0 Å². The molecule has 1 heteroatoms. The standard InChI is InChI=1S/C16H30O/c1-6-17-16(5)11-9-14-13(12(16)2)8-7-10-15(14,3)4/h12-14H,6-11H2,1-5H3/t12?,13?,14?,16-/m0/s1. The largest absolute Gasteiger partial charge is 0.375 e. The Hall–Kier alpha value is -0.0400. The van der Waals surface area contributed by atoms with Crippen molar-refractivity contribution < 1.29 is 4.74 Å². The molecule has 2 aliphatic carbocycles. The molecule has 0 aromatic rings. The van der Waals surface area contributed by atoms with E-state index in [1.54, 1.807) is 0 Å². The second kappa shape index (κ2) is 4.57. The molecule has 17 heavy (non-hydrogen) atoms. The molecule has 0 N–H and O–H groups in total. The van der Waals surface area contributed by atoms with Crippen LogP contribution in [0.5, 0.6) is 0 Å². The predicted molar refractivity (Wildman–Crippen MR) is 73.0 cm³/mol. The number of ether oxygens (including phenoxy) is 1. The maximum atomic E-state index is 6.10. The Balaban J connectivity index is 2.17. The van der Waals surface area contributed by atoms with Crippen molar-refractivity contribution in [2.45, 2.75) is 72.3 Å². The lowest BCUT2D eigenvalue weighted by Crippen LogP contribution is -2.51. The highest BCUT2D eigenvalue weighted by atomic mass is 16.5. The van der Waals surface area contributed by atoms with Gasteiger partial charge in [-0.3, -0.25) is 0 Å². The molecule has 1 nitrogen and oxygen atoms in total. The highest BCUT2D eigenvalue weighted by Crippen LogP contribution is 2.55. The fourth-order valence-electron chi connectivity index (χ4n) is 4.62. The molecule has 3 unspecified atom stereocenters. The van der Waals surface area contributed by atoms with Gasteiger partial charge in [-0.15, -0.1) is 0 Å². The van der Waals surface area contributed by atoms with Gasteiger partial charge in [-0.1, -0.05) is 27.2 Å². The van der Waals surface area contributed by atoms with Gasteiger partial charge in [0.2, 0.25) is 0 Å². The van der Waals surface area contributed by atoms with E-state index in [0.29, 0.717) is 5.41 Å². The Bertz CT molecular complexity index is 271. The Kier molecular flexibility index (Phi) is 3.60. The van der Waals surface area contributed by atoms with Crippen LogP contribution >= 0.6 is 0 Å². The van der Waals surface area contributed by atoms with Gasteiger partial charge in [0.1, 0.15) is 0 Å². The van der Waals surface area contributed by atoms with E-state index in [1.807, 2.05) is 0 Å². The zero-order chi connectivity index (χ0) is 12.7. The van der Waals surface area contributed by atoms with Gasteiger partial charge >= 0.3 is 0 Å². The molecule has 0 aromatic carbocycles. The van der Waals surface area contributed by atoms with E-state index in [1.165, 1.54) is 32.1 Å². The van der Waals surface area contributed by atoms with Gasteiger partial charge in [0.05, 0.1) is 5.60 Å². The normalized spacial score (nSPS) is 45.4. The molecular formula is C16H30O. The molecule has 0 heterocycles. The summed E-state index contributed by atoms with van der Waals surface area (Å²) in [6.45, 7) is 12.8. The van der Waals surface area contributed by atoms with Gasteiger partial charge in [-0.2, -0.15) is 0 Å². The average Bonchev–Trinajstić information content (AvgIpc) is 2.24. The molecule has 0 aliphatic heterocycles. The first-order valence-electron chi connectivity index (χ1n) is 7.54. The summed E-state index contributed by atoms with van der Waals surface area (Å²) in [4.78, 5) is 0. The van der Waals surface area contributed by atoms with Crippen LogP contribution in [0.25, 0.3) is 0 Å². The lowest BCUT2D eigenvalue weighted by molar-refractivity contribution is -0.143. The van der Waals surface area contributed by atoms with Crippen molar-refractivity contribution in [3.8, 4) is 0 Å². The molecule has 2 saturated carbocycles. The molecule has 0 aromatic heterocycles. The zero-order valence-corrected chi connectivity index (χ0v) is 12.4. The number of hydrogen-bond donors (Lipinski definition) is 0. The Morgan fingerprint density at radius 3 is 2.47 bits per heavy atom. The molecule has 2 fully saturated rings. The second-order valence-electron chi connectivity index (χ2n) is 7.22. The summed E-state index contributed by atoms with van der Waals surface area (Å²) in [5, 5.41) is 0. The molecule has 0 saturated heterocycles. The van der Waals surface area contributed by atoms with Crippen LogP contribution in [0.4, 0.5) is 0 Å². The summed E-state index contributed by atoms with van der Waals surface area (Å²) < 4.78 is 6.10. The smallest absolute Gasteiger partial charge is 0.0682 e. The first-order valence-corrected chi connectivity index (χ1v) is 7.54. The molecule has 0 bridgehead atoms. The van der Waals surface area contributed by atoms with Gasteiger partial charge in [0.15, 0.2) is 0 Å². The summed E-state index contributed by atoms with van der Waals surface area (Å²) in [7, 11) is 0. The van der Waals surface area contributed by atoms with Crippen molar-refractivity contribution in [1.82, 2.24) is 0 Å². The van der Waals surface area contributed by atoms with Crippen LogP contribution < -0.4 is 0 Å². The number of rotatable bonds is 2. The molecule has 4 atom stereocenters. The Labute approximate surface area is 107 Å². The van der Waals surface area contributed by atoms with Crippen molar-refractivity contribution in [2.75, 3.05) is 6.61 Å². The Morgan fingerprint density at radius 1 is 1.12 bits per heavy atom. The topological polar surface area (TPSA) is 9.23 Å². The SMILES string of the molecule is CCO[C@@]1(C)CCC2C(CCCC2(C)C)C1C. The third-order valence-electron chi connectivity index (χ3n) is 5.91. The molecule has 2 rings (SSSR count). The van der Waals surface area contributed by atoms with Crippen LogP contribution in [0.3, 0.4) is 0 Å². The summed E-state index contributed by atoms with van der Waals surface area (Å²) in [6.07, 6.45) is 6.90. The highest BCUT2D eigenvalue weighted by Gasteiger charge is 2.50. The van der Waals surface area contributed by atoms with E-state index in [4.69, 9.17) is 4.74 Å². The van der Waals surface area contributed by atoms with Crippen molar-refractivity contribution in [3.05, 3.63) is 0 Å². The minimum absolute atomic E-state index is 0.142. The maximum absolute atomic E-state index is 6.10. The van der Waals surface area contributed by atoms with Crippen LogP contribution in [0.1, 0.15) is 66.7 Å². The molecule has 0 amide bonds. The lowest BCUT2D eigenvalue weighted by Gasteiger charge is -2.55. The predicted octanol–water partition coefficient (Wildman–Crippen LogP) is 4.65. The van der Waals surface area contributed by atoms with Crippen LogP contribution in [-0.2, 0) is 4.74 Å². The molecule has 0 spiro atoms. The summed E-state index contributed by atoms with van der Waals surface area (Å²) in [5.74, 6) is 2.55. The molecule has 0 radical (unpaired) electrons. The zero-order valence-electron chi connectivity index (χ0n) is 12.4. The van der Waals surface area contributed by atoms with Crippen LogP contribution in [0.15, 0.2) is 0 Å². The summed E-state index contributed by atoms with van der Waals surface area (Å²) in [6, 6.07) is 0. The Morgan fingerprint density at radius 2 is 1.82 bits per heavy atom. The van der Waals surface area contributed by atoms with E-state index < -0.39 is 0 Å². The third kappa shape index (κ3) is 2.28. The van der Waals surface area contributed by atoms with E-state index in [2.05, 4.69) is 34.6 Å². The van der Waals surface area contributed by atoms with Crippen molar-refractivity contribution in [2.24, 2.45) is 23.2 Å². The minimum atomic E-state index is 0.142. The van der Waals surface area contributed by atoms with E-state index in [-0.39, 0.29) is 5.60 Å². The summed E-state index contributed by atoms with van der Waals surface area (Å²) in [5.41, 5.74) is 0.702. The van der Waals surface area contributed by atoms with Crippen LogP contribution in [0.2, 0.25) is 0 Å². The lowest BCUT2D eigenvalue weighted by atomic mass is 9.53. The van der Waals surface area contributed by atoms with Crippen LogP contribution in [0, 0.1) is 23.2 Å². The second-order valence-corrected chi connectivity index (χ2v) is 7.22. The minimum Gasteiger partial charge on any atom is -0.375 e. The van der Waals surface area contributed by atoms with Crippen LogP contribution in [-0.4, -0.2) is 12.2 Å². The van der Waals surface area contributed by atoms with Gasteiger partial charge in [-0.25, -0.2) is 0 Å². The quantitative estimate of drug-likeness (QED) is 0.680. The highest BCUT2D eigenvalue weighted by molar-refractivity contribution is 5.00. The molecule has 100 valence electrons. The molecular weight excluding hydrogens is 208 g/mol. The fourth-order valence-corrected chi connectivity index (χ4v) is 4.62. The number of hydrogen-bond acceptors (Lipinski definition) is 1. The van der Waals surface area contributed by atoms with Crippen molar-refractivity contribution in [1.29, 1.82) is 0 Å². The number of fused-ring (bicyclic) bond motifs is 1. The summed E-state index contributed by atoms with van der Waals surface area (Å²) >= 11 is 0. The first-order chi connectivity index (χ1) is 7.91. The molecule has 2 aliphatic rings. The van der Waals surface area contributed by atoms with Gasteiger partial charge < -0.3 is 4.74 Å². The van der Waals surface area contributed by atoms with E-state index >= 15 is 0 Å². The first kappa shape index (κ1) is 13.4. The third-order valence-corrected chi connectivity index (χ3v) is 5.91.